The van der Waals surface area contributed by atoms with Crippen LogP contribution in [0.3, 0.4) is 0 Å². The van der Waals surface area contributed by atoms with E-state index < -0.39 is 34.1 Å². The third-order valence-corrected chi connectivity index (χ3v) is 5.17. The number of methoxy groups -OCH3 is 1. The molecule has 9 nitrogen and oxygen atoms in total. The first-order chi connectivity index (χ1) is 15.6. The summed E-state index contributed by atoms with van der Waals surface area (Å²) in [5, 5.41) is 22.8. The summed E-state index contributed by atoms with van der Waals surface area (Å²) in [6.07, 6.45) is -3.57. The largest absolute Gasteiger partial charge is 0.496 e. The number of nitrogens with zero attached hydrogens (tertiary/aromatic N) is 3. The molecule has 1 amide bonds. The van der Waals surface area contributed by atoms with E-state index in [-0.39, 0.29) is 33.4 Å². The third-order valence-electron chi connectivity index (χ3n) is 4.19. The van der Waals surface area contributed by atoms with E-state index in [4.69, 9.17) is 9.15 Å². The predicted molar refractivity (Wildman–Crippen MR) is 111 cm³/mol. The third kappa shape index (κ3) is 5.42. The molecule has 3 aromatic rings. The number of furan rings is 1. The second-order valence-corrected chi connectivity index (χ2v) is 7.26. The lowest BCUT2D eigenvalue weighted by atomic mass is 10.1. The van der Waals surface area contributed by atoms with Crippen molar-refractivity contribution in [2.45, 2.75) is 11.2 Å². The van der Waals surface area contributed by atoms with Crippen molar-refractivity contribution in [3.05, 3.63) is 64.0 Å². The topological polar surface area (TPSA) is 131 Å². The van der Waals surface area contributed by atoms with Gasteiger partial charge >= 0.3 is 6.18 Å². The van der Waals surface area contributed by atoms with Crippen molar-refractivity contribution < 1.29 is 32.0 Å². The smallest absolute Gasteiger partial charge is 0.433 e. The standard InChI is InChI=1S/C20H13F3N4O5S/c1-31-11-4-5-14(15(7-11)27(29)30)25-18(28)10-33-19-13(9-24)12(16-3-2-6-32-16)8-17(26-19)20(21,22)23/h2-8H,10H2,1H3,(H,25,28). The number of nitro groups is 1. The molecule has 2 aromatic heterocycles. The number of carbonyl (C=O) groups excluding carboxylic acids is 1. The summed E-state index contributed by atoms with van der Waals surface area (Å²) in [6, 6.07) is 9.10. The Kier molecular flexibility index (Phi) is 6.88. The van der Waals surface area contributed by atoms with E-state index in [1.807, 2.05) is 0 Å². The van der Waals surface area contributed by atoms with Crippen LogP contribution in [0, 0.1) is 21.4 Å². The molecule has 33 heavy (non-hydrogen) atoms. The number of ether oxygens (including phenoxy) is 1. The van der Waals surface area contributed by atoms with Gasteiger partial charge in [0.1, 0.15) is 34.0 Å². The van der Waals surface area contributed by atoms with Crippen molar-refractivity contribution in [2.24, 2.45) is 0 Å². The van der Waals surface area contributed by atoms with E-state index in [2.05, 4.69) is 10.3 Å². The van der Waals surface area contributed by atoms with E-state index in [0.717, 1.165) is 6.07 Å². The SMILES string of the molecule is COc1ccc(NC(=O)CSc2nc(C(F)(F)F)cc(-c3ccco3)c2C#N)c([N+](=O)[O-])c1. The molecular weight excluding hydrogens is 465 g/mol. The molecule has 13 heteroatoms. The van der Waals surface area contributed by atoms with Gasteiger partial charge in [0.25, 0.3) is 5.69 Å². The Morgan fingerprint density at radius 3 is 2.70 bits per heavy atom. The minimum Gasteiger partial charge on any atom is -0.496 e. The maximum Gasteiger partial charge on any atom is 0.433 e. The first-order valence-electron chi connectivity index (χ1n) is 8.95. The van der Waals surface area contributed by atoms with E-state index in [0.29, 0.717) is 17.8 Å². The molecular formula is C20H13F3N4O5S. The quantitative estimate of drug-likeness (QED) is 0.289. The molecule has 0 aliphatic carbocycles. The molecule has 0 saturated carbocycles. The number of rotatable bonds is 7. The van der Waals surface area contributed by atoms with Gasteiger partial charge in [-0.1, -0.05) is 11.8 Å². The number of amides is 1. The van der Waals surface area contributed by atoms with Gasteiger partial charge in [0.05, 0.1) is 35.7 Å². The second-order valence-electron chi connectivity index (χ2n) is 6.30. The van der Waals surface area contributed by atoms with E-state index in [1.54, 1.807) is 6.07 Å². The van der Waals surface area contributed by atoms with Crippen molar-refractivity contribution in [1.82, 2.24) is 4.98 Å². The van der Waals surface area contributed by atoms with Gasteiger partial charge in [-0.05, 0) is 30.3 Å². The van der Waals surface area contributed by atoms with Crippen LogP contribution >= 0.6 is 11.8 Å². The van der Waals surface area contributed by atoms with Gasteiger partial charge < -0.3 is 14.5 Å². The molecule has 0 fully saturated rings. The van der Waals surface area contributed by atoms with Crippen LogP contribution in [0.15, 0.2) is 52.1 Å². The number of nitro benzene ring substituents is 1. The summed E-state index contributed by atoms with van der Waals surface area (Å²) < 4.78 is 50.1. The number of aromatic nitrogens is 1. The highest BCUT2D eigenvalue weighted by Crippen LogP contribution is 2.37. The minimum absolute atomic E-state index is 0.0274. The summed E-state index contributed by atoms with van der Waals surface area (Å²) in [7, 11) is 1.32. The number of hydrogen-bond donors (Lipinski definition) is 1. The molecule has 0 atom stereocenters. The number of hydrogen-bond acceptors (Lipinski definition) is 8. The van der Waals surface area contributed by atoms with Crippen LogP contribution in [0.1, 0.15) is 11.3 Å². The number of nitriles is 1. The van der Waals surface area contributed by atoms with E-state index in [1.165, 1.54) is 37.6 Å². The highest BCUT2D eigenvalue weighted by atomic mass is 32.2. The summed E-state index contributed by atoms with van der Waals surface area (Å²) in [5.41, 5.74) is -2.14. The fourth-order valence-electron chi connectivity index (χ4n) is 2.72. The van der Waals surface area contributed by atoms with Gasteiger partial charge in [0.15, 0.2) is 0 Å². The zero-order valence-electron chi connectivity index (χ0n) is 16.7. The molecule has 0 bridgehead atoms. The molecule has 2 heterocycles. The Labute approximate surface area is 188 Å². The van der Waals surface area contributed by atoms with Gasteiger partial charge in [-0.2, -0.15) is 18.4 Å². The van der Waals surface area contributed by atoms with Crippen molar-refractivity contribution in [3.63, 3.8) is 0 Å². The molecule has 0 radical (unpaired) electrons. The van der Waals surface area contributed by atoms with Gasteiger partial charge in [-0.25, -0.2) is 4.98 Å². The fourth-order valence-corrected chi connectivity index (χ4v) is 3.52. The van der Waals surface area contributed by atoms with Crippen LogP contribution in [0.5, 0.6) is 5.75 Å². The number of alkyl halides is 3. The number of benzene rings is 1. The van der Waals surface area contributed by atoms with Crippen molar-refractivity contribution >= 4 is 29.0 Å². The van der Waals surface area contributed by atoms with E-state index in [9.17, 15) is 33.3 Å². The molecule has 0 unspecified atom stereocenters. The van der Waals surface area contributed by atoms with Crippen LogP contribution < -0.4 is 10.1 Å². The average molecular weight is 478 g/mol. The zero-order chi connectivity index (χ0) is 24.2. The molecule has 0 aliphatic heterocycles. The lowest BCUT2D eigenvalue weighted by Crippen LogP contribution is -2.16. The van der Waals surface area contributed by atoms with Crippen molar-refractivity contribution in [1.29, 1.82) is 5.26 Å². The highest BCUT2D eigenvalue weighted by Gasteiger charge is 2.35. The van der Waals surface area contributed by atoms with Gasteiger partial charge in [-0.15, -0.1) is 0 Å². The van der Waals surface area contributed by atoms with Crippen LogP contribution in [0.25, 0.3) is 11.3 Å². The Morgan fingerprint density at radius 2 is 2.12 bits per heavy atom. The van der Waals surface area contributed by atoms with Crippen LogP contribution in [-0.4, -0.2) is 28.7 Å². The normalized spacial score (nSPS) is 11.0. The van der Waals surface area contributed by atoms with Crippen molar-refractivity contribution in [2.75, 3.05) is 18.2 Å². The first-order valence-corrected chi connectivity index (χ1v) is 9.94. The summed E-state index contributed by atoms with van der Waals surface area (Å²) >= 11 is 0.581. The molecule has 0 spiro atoms. The van der Waals surface area contributed by atoms with E-state index >= 15 is 0 Å². The first kappa shape index (κ1) is 23.6. The van der Waals surface area contributed by atoms with Crippen LogP contribution in [0.4, 0.5) is 24.5 Å². The maximum atomic E-state index is 13.4. The number of anilines is 1. The lowest BCUT2D eigenvalue weighted by molar-refractivity contribution is -0.384. The monoisotopic (exact) mass is 478 g/mol. The summed E-state index contributed by atoms with van der Waals surface area (Å²) in [5.74, 6) is -0.995. The molecule has 170 valence electrons. The lowest BCUT2D eigenvalue weighted by Gasteiger charge is -2.12. The predicted octanol–water partition coefficient (Wildman–Crippen LogP) is 4.88. The molecule has 0 aliphatic rings. The Hall–Kier alpha value is -4.05. The fraction of sp³-hybridized carbons (Fsp3) is 0.150. The number of thioether (sulfide) groups is 1. The van der Waals surface area contributed by atoms with Gasteiger partial charge in [-0.3, -0.25) is 14.9 Å². The van der Waals surface area contributed by atoms with Gasteiger partial charge in [0, 0.05) is 5.56 Å². The zero-order valence-corrected chi connectivity index (χ0v) is 17.5. The Balaban J connectivity index is 1.88. The molecule has 3 rings (SSSR count). The highest BCUT2D eigenvalue weighted by molar-refractivity contribution is 8.00. The number of nitrogens with one attached hydrogen (secondary N) is 1. The second kappa shape index (κ2) is 9.61. The average Bonchev–Trinajstić information content (AvgIpc) is 3.31. The number of pyridine rings is 1. The molecule has 1 aromatic carbocycles. The van der Waals surface area contributed by atoms with Crippen molar-refractivity contribution in [3.8, 4) is 23.1 Å². The summed E-state index contributed by atoms with van der Waals surface area (Å²) in [4.78, 5) is 26.4. The maximum absolute atomic E-state index is 13.4. The minimum atomic E-state index is -4.81. The summed E-state index contributed by atoms with van der Waals surface area (Å²) in [6.45, 7) is 0. The van der Waals surface area contributed by atoms with Crippen LogP contribution in [-0.2, 0) is 11.0 Å². The van der Waals surface area contributed by atoms with Crippen LogP contribution in [0.2, 0.25) is 0 Å². The Bertz CT molecular complexity index is 1240. The van der Waals surface area contributed by atoms with Gasteiger partial charge in [0.2, 0.25) is 5.91 Å². The number of carbonyl (C=O) groups is 1. The molecule has 1 N–H and O–H groups in total. The Morgan fingerprint density at radius 1 is 1.36 bits per heavy atom. The number of halogens is 3. The molecule has 0 saturated heterocycles.